The van der Waals surface area contributed by atoms with Crippen LogP contribution in [0.1, 0.15) is 24.1 Å². The summed E-state index contributed by atoms with van der Waals surface area (Å²) < 4.78 is 13.2. The minimum Gasteiger partial charge on any atom is -0.324 e. The molecule has 3 heteroatoms. The van der Waals surface area contributed by atoms with Gasteiger partial charge in [0, 0.05) is 11.6 Å². The lowest BCUT2D eigenvalue weighted by Gasteiger charge is -2.07. The third-order valence-corrected chi connectivity index (χ3v) is 1.71. The quantitative estimate of drug-likeness (QED) is 0.722. The maximum atomic E-state index is 13.2. The van der Waals surface area contributed by atoms with Crippen LogP contribution in [-0.2, 0) is 0 Å². The molecule has 1 aromatic carbocycles. The summed E-state index contributed by atoms with van der Waals surface area (Å²) in [5.41, 5.74) is 6.78. The van der Waals surface area contributed by atoms with Crippen LogP contribution in [-0.4, -0.2) is 0 Å². The summed E-state index contributed by atoms with van der Waals surface area (Å²) in [6, 6.07) is 5.04. The van der Waals surface area contributed by atoms with E-state index < -0.39 is 0 Å². The van der Waals surface area contributed by atoms with Crippen molar-refractivity contribution in [1.29, 1.82) is 0 Å². The van der Waals surface area contributed by atoms with Crippen molar-refractivity contribution in [2.45, 2.75) is 19.9 Å². The zero-order valence-corrected chi connectivity index (χ0v) is 7.99. The molecule has 0 spiro atoms. The van der Waals surface area contributed by atoms with E-state index in [1.165, 1.54) is 0 Å². The molecule has 12 heavy (non-hydrogen) atoms. The fourth-order valence-electron chi connectivity index (χ4n) is 1.02. The molecule has 0 bridgehead atoms. The topological polar surface area (TPSA) is 26.0 Å². The van der Waals surface area contributed by atoms with E-state index in [4.69, 9.17) is 5.73 Å². The Balaban J connectivity index is 0.00000121. The Labute approximate surface area is 78.2 Å². The molecule has 0 aliphatic carbocycles. The Kier molecular flexibility index (Phi) is 4.21. The van der Waals surface area contributed by atoms with E-state index in [9.17, 15) is 4.39 Å². The summed E-state index contributed by atoms with van der Waals surface area (Å²) in [5.74, 6) is -0.178. The standard InChI is InChI=1S/C9H12FN.ClH/c1-6-4-3-5-8(7(2)11)9(6)10;/h3-5,7H,11H2,1-2H3;1H. The van der Waals surface area contributed by atoms with Crippen molar-refractivity contribution in [2.75, 3.05) is 0 Å². The van der Waals surface area contributed by atoms with Gasteiger partial charge in [0.1, 0.15) is 5.82 Å². The normalized spacial score (nSPS) is 12.0. The van der Waals surface area contributed by atoms with Crippen LogP contribution in [0.5, 0.6) is 0 Å². The van der Waals surface area contributed by atoms with Crippen LogP contribution < -0.4 is 5.73 Å². The Morgan fingerprint density at radius 2 is 2.00 bits per heavy atom. The van der Waals surface area contributed by atoms with Crippen LogP contribution in [0.2, 0.25) is 0 Å². The summed E-state index contributed by atoms with van der Waals surface area (Å²) in [5, 5.41) is 0. The van der Waals surface area contributed by atoms with Crippen molar-refractivity contribution in [2.24, 2.45) is 5.73 Å². The third-order valence-electron chi connectivity index (χ3n) is 1.71. The van der Waals surface area contributed by atoms with Gasteiger partial charge in [-0.2, -0.15) is 0 Å². The lowest BCUT2D eigenvalue weighted by atomic mass is 10.1. The van der Waals surface area contributed by atoms with E-state index in [1.807, 2.05) is 6.07 Å². The van der Waals surface area contributed by atoms with Crippen LogP contribution in [0.25, 0.3) is 0 Å². The van der Waals surface area contributed by atoms with Gasteiger partial charge in [-0.1, -0.05) is 18.2 Å². The van der Waals surface area contributed by atoms with Crippen molar-refractivity contribution >= 4 is 12.4 Å². The van der Waals surface area contributed by atoms with E-state index in [0.717, 1.165) is 0 Å². The predicted molar refractivity (Wildman–Crippen MR) is 51.0 cm³/mol. The molecule has 0 aliphatic heterocycles. The molecule has 1 nitrogen and oxygen atoms in total. The summed E-state index contributed by atoms with van der Waals surface area (Å²) in [7, 11) is 0. The fourth-order valence-corrected chi connectivity index (χ4v) is 1.02. The highest BCUT2D eigenvalue weighted by Gasteiger charge is 2.07. The number of rotatable bonds is 1. The number of hydrogen-bond donors (Lipinski definition) is 1. The zero-order chi connectivity index (χ0) is 8.43. The lowest BCUT2D eigenvalue weighted by Crippen LogP contribution is -2.07. The van der Waals surface area contributed by atoms with Gasteiger partial charge in [0.25, 0.3) is 0 Å². The van der Waals surface area contributed by atoms with Crippen LogP contribution >= 0.6 is 12.4 Å². The number of hydrogen-bond acceptors (Lipinski definition) is 1. The van der Waals surface area contributed by atoms with E-state index in [-0.39, 0.29) is 24.3 Å². The first-order valence-electron chi connectivity index (χ1n) is 3.63. The molecule has 0 aromatic heterocycles. The summed E-state index contributed by atoms with van der Waals surface area (Å²) >= 11 is 0. The summed E-state index contributed by atoms with van der Waals surface area (Å²) in [6.07, 6.45) is 0. The molecule has 68 valence electrons. The largest absolute Gasteiger partial charge is 0.324 e. The second kappa shape index (κ2) is 4.43. The van der Waals surface area contributed by atoms with Crippen molar-refractivity contribution in [3.63, 3.8) is 0 Å². The maximum Gasteiger partial charge on any atom is 0.130 e. The van der Waals surface area contributed by atoms with E-state index in [1.54, 1.807) is 26.0 Å². The first kappa shape index (κ1) is 11.4. The van der Waals surface area contributed by atoms with Crippen molar-refractivity contribution in [3.05, 3.63) is 35.1 Å². The SMILES string of the molecule is Cc1cccc(C(C)N)c1F.Cl. The summed E-state index contributed by atoms with van der Waals surface area (Å²) in [4.78, 5) is 0. The highest BCUT2D eigenvalue weighted by molar-refractivity contribution is 5.85. The van der Waals surface area contributed by atoms with Crippen LogP contribution in [0.4, 0.5) is 4.39 Å². The average Bonchev–Trinajstić information content (AvgIpc) is 1.94. The van der Waals surface area contributed by atoms with Gasteiger partial charge in [0.05, 0.1) is 0 Å². The molecular formula is C9H13ClFN. The van der Waals surface area contributed by atoms with E-state index >= 15 is 0 Å². The first-order chi connectivity index (χ1) is 5.13. The van der Waals surface area contributed by atoms with Crippen LogP contribution in [0.3, 0.4) is 0 Å². The van der Waals surface area contributed by atoms with Gasteiger partial charge in [-0.05, 0) is 19.4 Å². The Bertz CT molecular complexity index is 261. The number of halogens is 2. The molecule has 0 aliphatic rings. The van der Waals surface area contributed by atoms with E-state index in [0.29, 0.717) is 11.1 Å². The molecular weight excluding hydrogens is 177 g/mol. The second-order valence-electron chi connectivity index (χ2n) is 2.77. The van der Waals surface area contributed by atoms with E-state index in [2.05, 4.69) is 0 Å². The molecule has 2 N–H and O–H groups in total. The number of aryl methyl sites for hydroxylation is 1. The molecule has 0 amide bonds. The van der Waals surface area contributed by atoms with Gasteiger partial charge in [0.15, 0.2) is 0 Å². The minimum atomic E-state index is -0.227. The summed E-state index contributed by atoms with van der Waals surface area (Å²) in [6.45, 7) is 3.51. The predicted octanol–water partition coefficient (Wildman–Crippen LogP) is 2.58. The molecule has 0 fully saturated rings. The lowest BCUT2D eigenvalue weighted by molar-refractivity contribution is 0.585. The van der Waals surface area contributed by atoms with Crippen molar-refractivity contribution in [3.8, 4) is 0 Å². The Morgan fingerprint density at radius 3 is 2.42 bits per heavy atom. The third kappa shape index (κ3) is 2.19. The van der Waals surface area contributed by atoms with Crippen molar-refractivity contribution < 1.29 is 4.39 Å². The van der Waals surface area contributed by atoms with Crippen molar-refractivity contribution in [1.82, 2.24) is 0 Å². The monoisotopic (exact) mass is 189 g/mol. The molecule has 1 unspecified atom stereocenters. The van der Waals surface area contributed by atoms with Gasteiger partial charge in [0.2, 0.25) is 0 Å². The van der Waals surface area contributed by atoms with Gasteiger partial charge >= 0.3 is 0 Å². The highest BCUT2D eigenvalue weighted by atomic mass is 35.5. The van der Waals surface area contributed by atoms with Gasteiger partial charge in [-0.25, -0.2) is 4.39 Å². The molecule has 1 aromatic rings. The molecule has 0 saturated heterocycles. The molecule has 1 atom stereocenters. The maximum absolute atomic E-state index is 13.2. The van der Waals surface area contributed by atoms with Crippen LogP contribution in [0.15, 0.2) is 18.2 Å². The zero-order valence-electron chi connectivity index (χ0n) is 7.17. The highest BCUT2D eigenvalue weighted by Crippen LogP contribution is 2.16. The number of nitrogens with two attached hydrogens (primary N) is 1. The van der Waals surface area contributed by atoms with Gasteiger partial charge in [-0.3, -0.25) is 0 Å². The first-order valence-corrected chi connectivity index (χ1v) is 3.63. The average molecular weight is 190 g/mol. The smallest absolute Gasteiger partial charge is 0.130 e. The molecule has 0 radical (unpaired) electrons. The second-order valence-corrected chi connectivity index (χ2v) is 2.77. The van der Waals surface area contributed by atoms with Crippen LogP contribution in [0, 0.1) is 12.7 Å². The molecule has 0 heterocycles. The van der Waals surface area contributed by atoms with Gasteiger partial charge < -0.3 is 5.73 Å². The Hall–Kier alpha value is -0.600. The van der Waals surface area contributed by atoms with Gasteiger partial charge in [-0.15, -0.1) is 12.4 Å². The molecule has 0 saturated carbocycles. The minimum absolute atomic E-state index is 0. The fraction of sp³-hybridized carbons (Fsp3) is 0.333. The molecule has 1 rings (SSSR count). The Morgan fingerprint density at radius 1 is 1.42 bits per heavy atom. The number of benzene rings is 1.